The second-order valence-corrected chi connectivity index (χ2v) is 5.45. The van der Waals surface area contributed by atoms with Crippen molar-refractivity contribution >= 4 is 40.2 Å². The fraction of sp³-hybridized carbons (Fsp3) is 0. The van der Waals surface area contributed by atoms with Crippen LogP contribution in [-0.2, 0) is 0 Å². The summed E-state index contributed by atoms with van der Waals surface area (Å²) < 4.78 is 1.63. The van der Waals surface area contributed by atoms with Crippen molar-refractivity contribution in [2.45, 2.75) is 10.2 Å². The Labute approximate surface area is 122 Å². The van der Waals surface area contributed by atoms with Crippen LogP contribution in [0.3, 0.4) is 0 Å². The van der Waals surface area contributed by atoms with Gasteiger partial charge >= 0.3 is 0 Å². The van der Waals surface area contributed by atoms with Gasteiger partial charge in [-0.2, -0.15) is 19.6 Å². The molecule has 4 aromatic rings. The molecule has 4 rings (SSSR count). The summed E-state index contributed by atoms with van der Waals surface area (Å²) in [6.45, 7) is 0. The molecule has 0 spiro atoms. The van der Waals surface area contributed by atoms with E-state index in [2.05, 4.69) is 25.0 Å². The molecule has 0 aliphatic rings. The van der Waals surface area contributed by atoms with Gasteiger partial charge in [0.05, 0.1) is 11.0 Å². The molecule has 98 valence electrons. The molecule has 6 nitrogen and oxygen atoms in total. The number of H-pyrrole nitrogens is 1. The monoisotopic (exact) mass is 302 g/mol. The summed E-state index contributed by atoms with van der Waals surface area (Å²) in [5.74, 6) is 0.469. The lowest BCUT2D eigenvalue weighted by molar-refractivity contribution is 0.839. The minimum atomic E-state index is 0.379. The number of fused-ring (bicyclic) bond motifs is 2. The Morgan fingerprint density at radius 1 is 1.20 bits per heavy atom. The number of imidazole rings is 1. The van der Waals surface area contributed by atoms with Gasteiger partial charge in [0, 0.05) is 6.07 Å². The summed E-state index contributed by atoms with van der Waals surface area (Å²) in [7, 11) is 0. The summed E-state index contributed by atoms with van der Waals surface area (Å²) in [4.78, 5) is 15.9. The number of aromatic nitrogens is 6. The highest BCUT2D eigenvalue weighted by atomic mass is 35.5. The molecule has 0 fully saturated rings. The Kier molecular flexibility index (Phi) is 2.61. The zero-order chi connectivity index (χ0) is 13.5. The molecule has 0 bridgehead atoms. The van der Waals surface area contributed by atoms with E-state index in [1.807, 2.05) is 24.3 Å². The van der Waals surface area contributed by atoms with E-state index < -0.39 is 0 Å². The van der Waals surface area contributed by atoms with Crippen molar-refractivity contribution in [2.24, 2.45) is 0 Å². The van der Waals surface area contributed by atoms with E-state index in [0.29, 0.717) is 10.9 Å². The van der Waals surface area contributed by atoms with E-state index >= 15 is 0 Å². The van der Waals surface area contributed by atoms with Crippen LogP contribution in [0.5, 0.6) is 0 Å². The van der Waals surface area contributed by atoms with Gasteiger partial charge in [-0.15, -0.1) is 0 Å². The van der Waals surface area contributed by atoms with Gasteiger partial charge in [-0.3, -0.25) is 0 Å². The molecule has 0 saturated carbocycles. The van der Waals surface area contributed by atoms with Gasteiger partial charge in [0.2, 0.25) is 0 Å². The van der Waals surface area contributed by atoms with Crippen LogP contribution in [0.1, 0.15) is 0 Å². The van der Waals surface area contributed by atoms with E-state index in [1.54, 1.807) is 10.6 Å². The Balaban J connectivity index is 1.81. The molecule has 0 atom stereocenters. The van der Waals surface area contributed by atoms with Crippen LogP contribution >= 0.6 is 23.4 Å². The van der Waals surface area contributed by atoms with E-state index in [-0.39, 0.29) is 0 Å². The van der Waals surface area contributed by atoms with Gasteiger partial charge in [-0.05, 0) is 23.9 Å². The lowest BCUT2D eigenvalue weighted by Crippen LogP contribution is -1.95. The number of nitrogens with zero attached hydrogens (tertiary/aromatic N) is 5. The van der Waals surface area contributed by atoms with Crippen LogP contribution in [0.2, 0.25) is 5.15 Å². The zero-order valence-electron chi connectivity index (χ0n) is 9.99. The minimum Gasteiger partial charge on any atom is -0.333 e. The number of benzene rings is 1. The maximum Gasteiger partial charge on any atom is 0.254 e. The van der Waals surface area contributed by atoms with Gasteiger partial charge < -0.3 is 4.98 Å². The summed E-state index contributed by atoms with van der Waals surface area (Å²) >= 11 is 7.42. The van der Waals surface area contributed by atoms with Gasteiger partial charge in [-0.1, -0.05) is 23.7 Å². The van der Waals surface area contributed by atoms with E-state index in [1.165, 1.54) is 18.1 Å². The van der Waals surface area contributed by atoms with Crippen LogP contribution in [0, 0.1) is 0 Å². The number of rotatable bonds is 2. The summed E-state index contributed by atoms with van der Waals surface area (Å²) in [6, 6.07) is 9.60. The third kappa shape index (κ3) is 1.91. The van der Waals surface area contributed by atoms with E-state index in [9.17, 15) is 0 Å². The molecular formula is C12H7ClN6S. The van der Waals surface area contributed by atoms with Crippen LogP contribution in [0.15, 0.2) is 46.8 Å². The number of nitrogens with one attached hydrogen (secondary N) is 1. The third-order valence-corrected chi connectivity index (χ3v) is 3.84. The van der Waals surface area contributed by atoms with Crippen LogP contribution in [0.4, 0.5) is 0 Å². The number of hydrogen-bond donors (Lipinski definition) is 1. The second-order valence-electron chi connectivity index (χ2n) is 4.05. The highest BCUT2D eigenvalue weighted by Gasteiger charge is 2.10. The quantitative estimate of drug-likeness (QED) is 0.576. The van der Waals surface area contributed by atoms with Crippen molar-refractivity contribution in [3.8, 4) is 0 Å². The molecule has 0 aliphatic heterocycles. The van der Waals surface area contributed by atoms with E-state index in [0.717, 1.165) is 21.2 Å². The zero-order valence-corrected chi connectivity index (χ0v) is 11.6. The van der Waals surface area contributed by atoms with Crippen LogP contribution < -0.4 is 0 Å². The molecule has 0 aliphatic carbocycles. The Morgan fingerprint density at radius 3 is 3.00 bits per heavy atom. The number of para-hydroxylation sites is 2. The normalized spacial score (nSPS) is 11.4. The minimum absolute atomic E-state index is 0.379. The summed E-state index contributed by atoms with van der Waals surface area (Å²) in [5, 5.41) is 6.08. The van der Waals surface area contributed by atoms with Crippen molar-refractivity contribution in [1.29, 1.82) is 0 Å². The number of aromatic amines is 1. The molecule has 0 unspecified atom stereocenters. The van der Waals surface area contributed by atoms with Crippen molar-refractivity contribution in [3.63, 3.8) is 0 Å². The smallest absolute Gasteiger partial charge is 0.254 e. The molecule has 0 radical (unpaired) electrons. The molecule has 3 aromatic heterocycles. The molecule has 0 amide bonds. The summed E-state index contributed by atoms with van der Waals surface area (Å²) in [6.07, 6.45) is 1.45. The molecule has 1 aromatic carbocycles. The maximum atomic E-state index is 5.99. The Morgan fingerprint density at radius 2 is 2.10 bits per heavy atom. The number of hydrogen-bond acceptors (Lipinski definition) is 5. The van der Waals surface area contributed by atoms with E-state index in [4.69, 9.17) is 11.6 Å². The van der Waals surface area contributed by atoms with Crippen molar-refractivity contribution < 1.29 is 0 Å². The lowest BCUT2D eigenvalue weighted by Gasteiger charge is -2.01. The first kappa shape index (κ1) is 11.7. The average Bonchev–Trinajstić information content (AvgIpc) is 3.03. The molecule has 20 heavy (non-hydrogen) atoms. The molecule has 1 N–H and O–H groups in total. The second kappa shape index (κ2) is 4.46. The molecular weight excluding hydrogens is 296 g/mol. The number of halogens is 1. The van der Waals surface area contributed by atoms with Gasteiger partial charge in [0.25, 0.3) is 5.78 Å². The van der Waals surface area contributed by atoms with Crippen molar-refractivity contribution in [1.82, 2.24) is 29.5 Å². The molecule has 0 saturated heterocycles. The SMILES string of the molecule is Clc1cc(Sc2nc3ccccc3[nH]2)n2ncnc2n1. The van der Waals surface area contributed by atoms with Crippen molar-refractivity contribution in [2.75, 3.05) is 0 Å². The maximum absolute atomic E-state index is 5.99. The predicted molar refractivity (Wildman–Crippen MR) is 76.0 cm³/mol. The topological polar surface area (TPSA) is 71.8 Å². The van der Waals surface area contributed by atoms with Crippen molar-refractivity contribution in [3.05, 3.63) is 41.8 Å². The highest BCUT2D eigenvalue weighted by molar-refractivity contribution is 7.99. The first-order chi connectivity index (χ1) is 9.79. The van der Waals surface area contributed by atoms with Gasteiger partial charge in [0.15, 0.2) is 5.16 Å². The lowest BCUT2D eigenvalue weighted by atomic mass is 10.3. The Bertz CT molecular complexity index is 882. The van der Waals surface area contributed by atoms with Crippen LogP contribution in [0.25, 0.3) is 16.8 Å². The fourth-order valence-electron chi connectivity index (χ4n) is 1.91. The predicted octanol–water partition coefficient (Wildman–Crippen LogP) is 2.81. The fourth-order valence-corrected chi connectivity index (χ4v) is 3.04. The third-order valence-electron chi connectivity index (χ3n) is 2.76. The molecule has 3 heterocycles. The largest absolute Gasteiger partial charge is 0.333 e. The van der Waals surface area contributed by atoms with Gasteiger partial charge in [-0.25, -0.2) is 4.98 Å². The van der Waals surface area contributed by atoms with Gasteiger partial charge in [0.1, 0.15) is 16.5 Å². The highest BCUT2D eigenvalue weighted by Crippen LogP contribution is 2.28. The average molecular weight is 303 g/mol. The molecule has 8 heteroatoms. The standard InChI is InChI=1S/C12H7ClN6S/c13-9-5-10(19-11(18-9)14-6-15-19)20-12-16-7-3-1-2-4-8(7)17-12/h1-6H,(H,16,17). The first-order valence-corrected chi connectivity index (χ1v) is 6.98. The van der Waals surface area contributed by atoms with Crippen LogP contribution in [-0.4, -0.2) is 29.5 Å². The Hall–Kier alpha value is -2.12. The first-order valence-electron chi connectivity index (χ1n) is 5.78. The summed E-state index contributed by atoms with van der Waals surface area (Å²) in [5.41, 5.74) is 1.91.